The number of rotatable bonds is 2. The number of hydrogen-bond acceptors (Lipinski definition) is 4. The Morgan fingerprint density at radius 2 is 2.36 bits per heavy atom. The molecule has 2 N–H and O–H groups in total. The van der Waals surface area contributed by atoms with Gasteiger partial charge in [0.05, 0.1) is 6.42 Å². The predicted molar refractivity (Wildman–Crippen MR) is 56.1 cm³/mol. The first-order chi connectivity index (χ1) is 6.65. The summed E-state index contributed by atoms with van der Waals surface area (Å²) >= 11 is 3.65. The van der Waals surface area contributed by atoms with Crippen molar-refractivity contribution in [1.29, 1.82) is 0 Å². The number of nitrogen functional groups attached to an aromatic ring is 1. The highest BCUT2D eigenvalue weighted by atomic mass is 32.1. The quantitative estimate of drug-likeness (QED) is 0.578. The molecular formula is C9H8N2O2S. The second kappa shape index (κ2) is 3.34. The summed E-state index contributed by atoms with van der Waals surface area (Å²) in [6.07, 6.45) is 0.0949. The van der Waals surface area contributed by atoms with E-state index >= 15 is 0 Å². The molecule has 1 aromatic carbocycles. The highest BCUT2D eigenvalue weighted by molar-refractivity contribution is 7.96. The molecule has 1 aromatic heterocycles. The van der Waals surface area contributed by atoms with Crippen LogP contribution in [0.2, 0.25) is 0 Å². The number of aromatic nitrogens is 1. The summed E-state index contributed by atoms with van der Waals surface area (Å²) in [5, 5.41) is -0.274. The van der Waals surface area contributed by atoms with Gasteiger partial charge >= 0.3 is 0 Å². The molecule has 72 valence electrons. The van der Waals surface area contributed by atoms with E-state index in [1.165, 1.54) is 0 Å². The summed E-state index contributed by atoms with van der Waals surface area (Å²) in [5.74, 6) is 0.366. The molecule has 0 radical (unpaired) electrons. The highest BCUT2D eigenvalue weighted by Gasteiger charge is 2.07. The van der Waals surface area contributed by atoms with Crippen molar-refractivity contribution in [2.75, 3.05) is 5.73 Å². The molecule has 2 aromatic rings. The molecule has 0 saturated carbocycles. The van der Waals surface area contributed by atoms with Gasteiger partial charge in [0.2, 0.25) is 5.89 Å². The lowest BCUT2D eigenvalue weighted by atomic mass is 10.3. The number of fused-ring (bicyclic) bond motifs is 1. The van der Waals surface area contributed by atoms with Gasteiger partial charge in [-0.3, -0.25) is 4.79 Å². The maximum Gasteiger partial charge on any atom is 0.203 e. The molecule has 4 nitrogen and oxygen atoms in total. The summed E-state index contributed by atoms with van der Waals surface area (Å²) < 4.78 is 5.30. The fourth-order valence-electron chi connectivity index (χ4n) is 1.19. The molecule has 0 fully saturated rings. The van der Waals surface area contributed by atoms with Crippen molar-refractivity contribution in [1.82, 2.24) is 4.98 Å². The van der Waals surface area contributed by atoms with Crippen LogP contribution >= 0.6 is 12.6 Å². The van der Waals surface area contributed by atoms with E-state index in [4.69, 9.17) is 10.2 Å². The molecule has 1 heterocycles. The third-order valence-corrected chi connectivity index (χ3v) is 1.92. The zero-order chi connectivity index (χ0) is 10.1. The van der Waals surface area contributed by atoms with Crippen LogP contribution in [0.25, 0.3) is 11.1 Å². The fraction of sp³-hybridized carbons (Fsp3) is 0.111. The van der Waals surface area contributed by atoms with E-state index in [0.29, 0.717) is 22.7 Å². The van der Waals surface area contributed by atoms with Gasteiger partial charge in [-0.1, -0.05) is 0 Å². The van der Waals surface area contributed by atoms with Crippen molar-refractivity contribution >= 4 is 34.5 Å². The Bertz CT molecular complexity index is 493. The first kappa shape index (κ1) is 9.08. The Morgan fingerprint density at radius 3 is 3.07 bits per heavy atom. The molecule has 0 aliphatic rings. The van der Waals surface area contributed by atoms with Gasteiger partial charge in [-0.2, -0.15) is 0 Å². The summed E-state index contributed by atoms with van der Waals surface area (Å²) in [6.45, 7) is 0. The van der Waals surface area contributed by atoms with Crippen molar-refractivity contribution in [3.05, 3.63) is 24.1 Å². The van der Waals surface area contributed by atoms with Gasteiger partial charge in [-0.25, -0.2) is 4.98 Å². The lowest BCUT2D eigenvalue weighted by Crippen LogP contribution is -1.92. The van der Waals surface area contributed by atoms with Gasteiger partial charge in [-0.05, 0) is 12.1 Å². The third kappa shape index (κ3) is 1.72. The van der Waals surface area contributed by atoms with Crippen LogP contribution in [-0.4, -0.2) is 10.1 Å². The van der Waals surface area contributed by atoms with Crippen molar-refractivity contribution in [2.45, 2.75) is 6.42 Å². The topological polar surface area (TPSA) is 69.1 Å². The number of benzene rings is 1. The number of hydrogen-bond donors (Lipinski definition) is 2. The summed E-state index contributed by atoms with van der Waals surface area (Å²) in [7, 11) is 0. The molecule has 0 aliphatic heterocycles. The molecule has 0 bridgehead atoms. The average Bonchev–Trinajstić information content (AvgIpc) is 2.44. The van der Waals surface area contributed by atoms with Gasteiger partial charge in [0.1, 0.15) is 5.52 Å². The molecule has 14 heavy (non-hydrogen) atoms. The van der Waals surface area contributed by atoms with Crippen LogP contribution in [0.1, 0.15) is 5.89 Å². The average molecular weight is 208 g/mol. The summed E-state index contributed by atoms with van der Waals surface area (Å²) in [5.41, 5.74) is 7.46. The second-order valence-corrected chi connectivity index (χ2v) is 3.40. The van der Waals surface area contributed by atoms with Crippen LogP contribution in [0, 0.1) is 0 Å². The van der Waals surface area contributed by atoms with E-state index in [0.717, 1.165) is 0 Å². The van der Waals surface area contributed by atoms with Crippen molar-refractivity contribution in [3.63, 3.8) is 0 Å². The first-order valence-electron chi connectivity index (χ1n) is 4.02. The minimum atomic E-state index is -0.274. The number of oxazole rings is 1. The predicted octanol–water partition coefficient (Wildman–Crippen LogP) is 1.41. The van der Waals surface area contributed by atoms with Crippen LogP contribution in [0.15, 0.2) is 22.6 Å². The maximum absolute atomic E-state index is 10.7. The van der Waals surface area contributed by atoms with Gasteiger partial charge in [0.15, 0.2) is 10.7 Å². The van der Waals surface area contributed by atoms with E-state index in [-0.39, 0.29) is 11.5 Å². The molecule has 0 atom stereocenters. The SMILES string of the molecule is Nc1ccc2nc(CC(=O)S)oc2c1. The van der Waals surface area contributed by atoms with E-state index in [9.17, 15) is 4.79 Å². The fourth-order valence-corrected chi connectivity index (χ4v) is 1.33. The first-order valence-corrected chi connectivity index (χ1v) is 4.46. The lowest BCUT2D eigenvalue weighted by Gasteiger charge is -1.88. The van der Waals surface area contributed by atoms with Crippen LogP contribution in [0.5, 0.6) is 0 Å². The standard InChI is InChI=1S/C9H8N2O2S/c10-5-1-2-6-7(3-5)13-8(11-6)4-9(12)14/h1-3H,4,10H2,(H,12,14). The molecule has 0 aliphatic carbocycles. The molecular weight excluding hydrogens is 200 g/mol. The van der Waals surface area contributed by atoms with Gasteiger partial charge in [-0.15, -0.1) is 12.6 Å². The molecule has 5 heteroatoms. The number of nitrogens with two attached hydrogens (primary N) is 1. The molecule has 0 saturated heterocycles. The summed E-state index contributed by atoms with van der Waals surface area (Å²) in [6, 6.07) is 5.16. The van der Waals surface area contributed by atoms with E-state index < -0.39 is 0 Å². The number of carbonyl (C=O) groups excluding carboxylic acids is 1. The summed E-state index contributed by atoms with van der Waals surface area (Å²) in [4.78, 5) is 14.8. The molecule has 0 unspecified atom stereocenters. The third-order valence-electron chi connectivity index (χ3n) is 1.76. The van der Waals surface area contributed by atoms with Crippen molar-refractivity contribution in [2.24, 2.45) is 0 Å². The van der Waals surface area contributed by atoms with Gasteiger partial charge < -0.3 is 10.2 Å². The largest absolute Gasteiger partial charge is 0.440 e. The molecule has 0 amide bonds. The number of carbonyl (C=O) groups is 1. The highest BCUT2D eigenvalue weighted by Crippen LogP contribution is 2.18. The smallest absolute Gasteiger partial charge is 0.203 e. The van der Waals surface area contributed by atoms with Crippen LogP contribution in [-0.2, 0) is 11.2 Å². The van der Waals surface area contributed by atoms with Crippen LogP contribution < -0.4 is 5.73 Å². The Kier molecular flexibility index (Phi) is 2.17. The van der Waals surface area contributed by atoms with Crippen molar-refractivity contribution < 1.29 is 9.21 Å². The van der Waals surface area contributed by atoms with Crippen LogP contribution in [0.4, 0.5) is 5.69 Å². The zero-order valence-electron chi connectivity index (χ0n) is 7.23. The number of thiol groups is 1. The molecule has 2 rings (SSSR count). The minimum absolute atomic E-state index is 0.0949. The minimum Gasteiger partial charge on any atom is -0.440 e. The molecule has 0 spiro atoms. The monoisotopic (exact) mass is 208 g/mol. The van der Waals surface area contributed by atoms with Gasteiger partial charge in [0, 0.05) is 11.8 Å². The Balaban J connectivity index is 2.46. The Labute approximate surface area is 85.5 Å². The van der Waals surface area contributed by atoms with E-state index in [1.54, 1.807) is 18.2 Å². The zero-order valence-corrected chi connectivity index (χ0v) is 8.12. The van der Waals surface area contributed by atoms with Crippen molar-refractivity contribution in [3.8, 4) is 0 Å². The van der Waals surface area contributed by atoms with E-state index in [1.807, 2.05) is 0 Å². The number of anilines is 1. The van der Waals surface area contributed by atoms with Gasteiger partial charge in [0.25, 0.3) is 0 Å². The second-order valence-electron chi connectivity index (χ2n) is 2.91. The Hall–Kier alpha value is -1.49. The van der Waals surface area contributed by atoms with E-state index in [2.05, 4.69) is 17.6 Å². The normalized spacial score (nSPS) is 10.6. The lowest BCUT2D eigenvalue weighted by molar-refractivity contribution is -0.110. The Morgan fingerprint density at radius 1 is 1.57 bits per heavy atom. The van der Waals surface area contributed by atoms with Crippen LogP contribution in [0.3, 0.4) is 0 Å². The number of nitrogens with zero attached hydrogens (tertiary/aromatic N) is 1. The maximum atomic E-state index is 10.7.